The van der Waals surface area contributed by atoms with Gasteiger partial charge >= 0.3 is 0 Å². The summed E-state index contributed by atoms with van der Waals surface area (Å²) in [5.41, 5.74) is 0. The molecular formula is C11H5BrClF2NO. The number of nitrogens with zero attached hydrogens (tertiary/aromatic N) is 1. The van der Waals surface area contributed by atoms with Crippen LogP contribution < -0.4 is 4.74 Å². The molecule has 0 unspecified atom stereocenters. The lowest BCUT2D eigenvalue weighted by Gasteiger charge is -2.06. The monoisotopic (exact) mass is 319 g/mol. The van der Waals surface area contributed by atoms with Crippen molar-refractivity contribution in [2.24, 2.45) is 0 Å². The third kappa shape index (κ3) is 3.14. The van der Waals surface area contributed by atoms with Gasteiger partial charge in [-0.3, -0.25) is 0 Å². The number of hydrogen-bond acceptors (Lipinski definition) is 2. The highest BCUT2D eigenvalue weighted by molar-refractivity contribution is 9.10. The molecule has 6 heteroatoms. The van der Waals surface area contributed by atoms with E-state index in [1.165, 1.54) is 18.3 Å². The molecule has 2 aromatic rings. The van der Waals surface area contributed by atoms with Crippen LogP contribution >= 0.6 is 27.5 Å². The molecule has 0 amide bonds. The standard InChI is InChI=1S/C11H5BrClF2NO/c12-6-1-8(14)4-9(2-6)17-11-10(15)3-7(13)5-16-11/h1-5H. The molecular weight excluding hydrogens is 315 g/mol. The van der Waals surface area contributed by atoms with Crippen LogP contribution in [-0.2, 0) is 0 Å². The average Bonchev–Trinajstić information content (AvgIpc) is 2.21. The highest BCUT2D eigenvalue weighted by atomic mass is 79.9. The minimum absolute atomic E-state index is 0.144. The Morgan fingerprint density at radius 3 is 2.59 bits per heavy atom. The molecule has 0 radical (unpaired) electrons. The molecule has 1 aromatic heterocycles. The molecule has 17 heavy (non-hydrogen) atoms. The largest absolute Gasteiger partial charge is 0.436 e. The Kier molecular flexibility index (Phi) is 3.59. The van der Waals surface area contributed by atoms with E-state index in [9.17, 15) is 8.78 Å². The number of halogens is 4. The van der Waals surface area contributed by atoms with Crippen LogP contribution in [0.1, 0.15) is 0 Å². The van der Waals surface area contributed by atoms with Crippen molar-refractivity contribution in [2.45, 2.75) is 0 Å². The minimum Gasteiger partial charge on any atom is -0.436 e. The lowest BCUT2D eigenvalue weighted by molar-refractivity contribution is 0.419. The highest BCUT2D eigenvalue weighted by Gasteiger charge is 2.08. The molecule has 0 saturated carbocycles. The van der Waals surface area contributed by atoms with Crippen LogP contribution in [0.5, 0.6) is 11.6 Å². The molecule has 2 nitrogen and oxygen atoms in total. The summed E-state index contributed by atoms with van der Waals surface area (Å²) in [4.78, 5) is 3.67. The van der Waals surface area contributed by atoms with Gasteiger partial charge in [-0.15, -0.1) is 0 Å². The topological polar surface area (TPSA) is 22.1 Å². The highest BCUT2D eigenvalue weighted by Crippen LogP contribution is 2.27. The quantitative estimate of drug-likeness (QED) is 0.809. The van der Waals surface area contributed by atoms with Crippen molar-refractivity contribution < 1.29 is 13.5 Å². The van der Waals surface area contributed by atoms with Gasteiger partial charge in [-0.1, -0.05) is 27.5 Å². The summed E-state index contributed by atoms with van der Waals surface area (Å²) in [6.07, 6.45) is 1.24. The van der Waals surface area contributed by atoms with Gasteiger partial charge in [0.2, 0.25) is 0 Å². The van der Waals surface area contributed by atoms with Crippen molar-refractivity contribution in [3.05, 3.63) is 51.6 Å². The van der Waals surface area contributed by atoms with Gasteiger partial charge in [0.15, 0.2) is 5.82 Å². The molecule has 2 rings (SSSR count). The first-order valence-corrected chi connectivity index (χ1v) is 5.67. The van der Waals surface area contributed by atoms with Crippen molar-refractivity contribution in [3.8, 4) is 11.6 Å². The Hall–Kier alpha value is -1.20. The van der Waals surface area contributed by atoms with Crippen molar-refractivity contribution in [3.63, 3.8) is 0 Å². The molecule has 1 aromatic carbocycles. The van der Waals surface area contributed by atoms with Gasteiger partial charge in [0.1, 0.15) is 11.6 Å². The zero-order valence-corrected chi connectivity index (χ0v) is 10.6. The van der Waals surface area contributed by atoms with E-state index in [0.29, 0.717) is 4.47 Å². The number of aromatic nitrogens is 1. The number of pyridine rings is 1. The lowest BCUT2D eigenvalue weighted by Crippen LogP contribution is -1.92. The molecule has 0 N–H and O–H groups in total. The number of hydrogen-bond donors (Lipinski definition) is 0. The van der Waals surface area contributed by atoms with Gasteiger partial charge in [-0.05, 0) is 18.2 Å². The maximum Gasteiger partial charge on any atom is 0.255 e. The third-order valence-corrected chi connectivity index (χ3v) is 2.49. The Balaban J connectivity index is 2.31. The van der Waals surface area contributed by atoms with Crippen molar-refractivity contribution >= 4 is 27.5 Å². The van der Waals surface area contributed by atoms with Gasteiger partial charge in [0.05, 0.1) is 5.02 Å². The average molecular weight is 321 g/mol. The molecule has 1 heterocycles. The number of benzene rings is 1. The summed E-state index contributed by atoms with van der Waals surface area (Å²) < 4.78 is 32.0. The van der Waals surface area contributed by atoms with Crippen LogP contribution in [-0.4, -0.2) is 4.98 Å². The van der Waals surface area contributed by atoms with E-state index >= 15 is 0 Å². The van der Waals surface area contributed by atoms with E-state index in [-0.39, 0.29) is 16.7 Å². The summed E-state index contributed by atoms with van der Waals surface area (Å²) in [5.74, 6) is -1.32. The Morgan fingerprint density at radius 2 is 1.94 bits per heavy atom. The van der Waals surface area contributed by atoms with Gasteiger partial charge < -0.3 is 4.74 Å². The van der Waals surface area contributed by atoms with Crippen molar-refractivity contribution in [2.75, 3.05) is 0 Å². The lowest BCUT2D eigenvalue weighted by atomic mass is 10.3. The minimum atomic E-state index is -0.710. The molecule has 0 aliphatic rings. The van der Waals surface area contributed by atoms with E-state index in [1.807, 2.05) is 0 Å². The van der Waals surface area contributed by atoms with Crippen LogP contribution in [0.25, 0.3) is 0 Å². The first kappa shape index (κ1) is 12.3. The number of ether oxygens (including phenoxy) is 1. The molecule has 0 bridgehead atoms. The Bertz CT molecular complexity index is 545. The fourth-order valence-corrected chi connectivity index (χ4v) is 1.77. The molecule has 0 spiro atoms. The summed E-state index contributed by atoms with van der Waals surface area (Å²) in [6, 6.07) is 4.95. The zero-order valence-electron chi connectivity index (χ0n) is 8.25. The summed E-state index contributed by atoms with van der Waals surface area (Å²) in [6.45, 7) is 0. The molecule has 0 fully saturated rings. The van der Waals surface area contributed by atoms with Gasteiger partial charge in [-0.25, -0.2) is 13.8 Å². The second kappa shape index (κ2) is 4.98. The van der Waals surface area contributed by atoms with Crippen LogP contribution in [0.3, 0.4) is 0 Å². The van der Waals surface area contributed by atoms with E-state index in [4.69, 9.17) is 16.3 Å². The van der Waals surface area contributed by atoms with E-state index in [0.717, 1.165) is 12.1 Å². The fourth-order valence-electron chi connectivity index (χ4n) is 1.18. The van der Waals surface area contributed by atoms with E-state index in [1.54, 1.807) is 0 Å². The van der Waals surface area contributed by atoms with Crippen LogP contribution in [0, 0.1) is 11.6 Å². The SMILES string of the molecule is Fc1cc(Br)cc(Oc2ncc(Cl)cc2F)c1. The summed E-state index contributed by atoms with van der Waals surface area (Å²) >= 11 is 8.65. The molecule has 0 saturated heterocycles. The van der Waals surface area contributed by atoms with Crippen molar-refractivity contribution in [1.82, 2.24) is 4.98 Å². The van der Waals surface area contributed by atoms with E-state index in [2.05, 4.69) is 20.9 Å². The predicted octanol–water partition coefficient (Wildman–Crippen LogP) is 4.57. The van der Waals surface area contributed by atoms with Crippen molar-refractivity contribution in [1.29, 1.82) is 0 Å². The van der Waals surface area contributed by atoms with Crippen LogP contribution in [0.4, 0.5) is 8.78 Å². The third-order valence-electron chi connectivity index (χ3n) is 1.82. The first-order valence-electron chi connectivity index (χ1n) is 4.49. The van der Waals surface area contributed by atoms with Gasteiger partial charge in [-0.2, -0.15) is 0 Å². The summed E-state index contributed by atoms with van der Waals surface area (Å²) in [5, 5.41) is 0.162. The first-order chi connectivity index (χ1) is 8.04. The predicted molar refractivity (Wildman–Crippen MR) is 63.4 cm³/mol. The Morgan fingerprint density at radius 1 is 1.18 bits per heavy atom. The van der Waals surface area contributed by atoms with Crippen LogP contribution in [0.2, 0.25) is 5.02 Å². The normalized spacial score (nSPS) is 10.4. The fraction of sp³-hybridized carbons (Fsp3) is 0. The Labute approximate surface area is 109 Å². The molecule has 0 aliphatic carbocycles. The molecule has 88 valence electrons. The van der Waals surface area contributed by atoms with E-state index < -0.39 is 11.6 Å². The molecule has 0 aliphatic heterocycles. The second-order valence-electron chi connectivity index (χ2n) is 3.15. The van der Waals surface area contributed by atoms with Crippen LogP contribution in [0.15, 0.2) is 34.9 Å². The maximum absolute atomic E-state index is 13.4. The number of rotatable bonds is 2. The maximum atomic E-state index is 13.4. The smallest absolute Gasteiger partial charge is 0.255 e. The van der Waals surface area contributed by atoms with Gasteiger partial charge in [0, 0.05) is 16.7 Å². The second-order valence-corrected chi connectivity index (χ2v) is 4.50. The zero-order chi connectivity index (χ0) is 12.4. The molecule has 0 atom stereocenters. The summed E-state index contributed by atoms with van der Waals surface area (Å²) in [7, 11) is 0. The van der Waals surface area contributed by atoms with Gasteiger partial charge in [0.25, 0.3) is 5.88 Å².